The molecule has 10 heavy (non-hydrogen) atoms. The van der Waals surface area contributed by atoms with Crippen LogP contribution in [-0.4, -0.2) is 4.98 Å². The molecule has 0 radical (unpaired) electrons. The Labute approximate surface area is 60.1 Å². The lowest BCUT2D eigenvalue weighted by atomic mass is 10.3. The Hall–Kier alpha value is -1.73. The SMILES string of the molecule is C#Cc1ccc(C#C)nc1. The highest BCUT2D eigenvalue weighted by molar-refractivity contribution is 5.33. The van der Waals surface area contributed by atoms with E-state index in [9.17, 15) is 0 Å². The first-order valence-corrected chi connectivity index (χ1v) is 2.76. The fraction of sp³-hybridized carbons (Fsp3) is 0. The van der Waals surface area contributed by atoms with Crippen molar-refractivity contribution < 1.29 is 0 Å². The average molecular weight is 127 g/mol. The molecule has 0 unspecified atom stereocenters. The van der Waals surface area contributed by atoms with E-state index in [1.54, 1.807) is 18.3 Å². The lowest BCUT2D eigenvalue weighted by Crippen LogP contribution is -1.81. The molecule has 1 aromatic heterocycles. The predicted molar refractivity (Wildman–Crippen MR) is 40.1 cm³/mol. The topological polar surface area (TPSA) is 12.9 Å². The molecule has 0 saturated carbocycles. The lowest BCUT2D eigenvalue weighted by Gasteiger charge is -1.88. The van der Waals surface area contributed by atoms with Gasteiger partial charge in [0.05, 0.1) is 0 Å². The number of nitrogens with zero attached hydrogens (tertiary/aromatic N) is 1. The van der Waals surface area contributed by atoms with E-state index in [2.05, 4.69) is 16.8 Å². The van der Waals surface area contributed by atoms with Crippen LogP contribution in [0.2, 0.25) is 0 Å². The maximum absolute atomic E-state index is 5.10. The molecule has 0 aromatic carbocycles. The minimum Gasteiger partial charge on any atom is -0.247 e. The Kier molecular flexibility index (Phi) is 1.73. The Balaban J connectivity index is 3.08. The van der Waals surface area contributed by atoms with Crippen LogP contribution in [0, 0.1) is 24.7 Å². The molecule has 1 rings (SSSR count). The third-order valence-corrected chi connectivity index (χ3v) is 1.08. The first-order chi connectivity index (χ1) is 4.86. The largest absolute Gasteiger partial charge is 0.247 e. The molecule has 1 nitrogen and oxygen atoms in total. The van der Waals surface area contributed by atoms with Gasteiger partial charge in [-0.2, -0.15) is 0 Å². The van der Waals surface area contributed by atoms with E-state index in [-0.39, 0.29) is 0 Å². The summed E-state index contributed by atoms with van der Waals surface area (Å²) in [5.74, 6) is 4.85. The maximum atomic E-state index is 5.10. The molecule has 0 bridgehead atoms. The molecule has 0 atom stereocenters. The Bertz CT molecular complexity index is 262. The van der Waals surface area contributed by atoms with Gasteiger partial charge < -0.3 is 0 Å². The maximum Gasteiger partial charge on any atom is 0.112 e. The molecule has 1 aromatic rings. The Morgan fingerprint density at radius 3 is 2.40 bits per heavy atom. The quantitative estimate of drug-likeness (QED) is 0.474. The van der Waals surface area contributed by atoms with E-state index in [4.69, 9.17) is 12.8 Å². The van der Waals surface area contributed by atoms with E-state index in [1.807, 2.05) is 0 Å². The smallest absolute Gasteiger partial charge is 0.112 e. The molecule has 0 aliphatic heterocycles. The van der Waals surface area contributed by atoms with Crippen molar-refractivity contribution in [3.8, 4) is 24.7 Å². The van der Waals surface area contributed by atoms with Crippen LogP contribution in [0.3, 0.4) is 0 Å². The van der Waals surface area contributed by atoms with Crippen LogP contribution in [0.4, 0.5) is 0 Å². The van der Waals surface area contributed by atoms with Gasteiger partial charge in [0.15, 0.2) is 0 Å². The van der Waals surface area contributed by atoms with Crippen molar-refractivity contribution in [3.63, 3.8) is 0 Å². The van der Waals surface area contributed by atoms with Gasteiger partial charge in [-0.05, 0) is 12.1 Å². The number of hydrogen-bond donors (Lipinski definition) is 0. The molecule has 0 saturated heterocycles. The normalized spacial score (nSPS) is 7.80. The summed E-state index contributed by atoms with van der Waals surface area (Å²) < 4.78 is 0. The molecule has 1 heterocycles. The van der Waals surface area contributed by atoms with Gasteiger partial charge in [0.1, 0.15) is 5.69 Å². The summed E-state index contributed by atoms with van der Waals surface area (Å²) in [4.78, 5) is 3.89. The van der Waals surface area contributed by atoms with Gasteiger partial charge >= 0.3 is 0 Å². The van der Waals surface area contributed by atoms with E-state index in [1.165, 1.54) is 0 Å². The second-order valence-electron chi connectivity index (χ2n) is 1.72. The molecule has 0 aliphatic carbocycles. The van der Waals surface area contributed by atoms with Crippen LogP contribution in [0.25, 0.3) is 0 Å². The average Bonchev–Trinajstić information content (AvgIpc) is 2.05. The fourth-order valence-corrected chi connectivity index (χ4v) is 0.565. The summed E-state index contributed by atoms with van der Waals surface area (Å²) in [7, 11) is 0. The molecule has 0 aliphatic rings. The number of terminal acetylenes is 2. The van der Waals surface area contributed by atoms with Crippen molar-refractivity contribution in [2.24, 2.45) is 0 Å². The monoisotopic (exact) mass is 127 g/mol. The zero-order valence-electron chi connectivity index (χ0n) is 5.33. The third-order valence-electron chi connectivity index (χ3n) is 1.08. The van der Waals surface area contributed by atoms with Crippen molar-refractivity contribution >= 4 is 0 Å². The van der Waals surface area contributed by atoms with E-state index in [0.29, 0.717) is 5.69 Å². The Morgan fingerprint density at radius 2 is 2.00 bits per heavy atom. The second kappa shape index (κ2) is 2.71. The van der Waals surface area contributed by atoms with Crippen LogP contribution in [0.5, 0.6) is 0 Å². The van der Waals surface area contributed by atoms with Gasteiger partial charge in [0.25, 0.3) is 0 Å². The van der Waals surface area contributed by atoms with Crippen molar-refractivity contribution in [3.05, 3.63) is 29.6 Å². The van der Waals surface area contributed by atoms with Crippen LogP contribution in [0.1, 0.15) is 11.3 Å². The fourth-order valence-electron chi connectivity index (χ4n) is 0.565. The van der Waals surface area contributed by atoms with E-state index >= 15 is 0 Å². The minimum absolute atomic E-state index is 0.610. The minimum atomic E-state index is 0.610. The molecule has 0 spiro atoms. The van der Waals surface area contributed by atoms with Crippen LogP contribution in [0.15, 0.2) is 18.3 Å². The summed E-state index contributed by atoms with van der Waals surface area (Å²) in [5.41, 5.74) is 1.36. The van der Waals surface area contributed by atoms with Gasteiger partial charge in [0.2, 0.25) is 0 Å². The van der Waals surface area contributed by atoms with Gasteiger partial charge in [-0.3, -0.25) is 0 Å². The first-order valence-electron chi connectivity index (χ1n) is 2.76. The number of aromatic nitrogens is 1. The molecular weight excluding hydrogens is 122 g/mol. The number of pyridine rings is 1. The zero-order valence-corrected chi connectivity index (χ0v) is 5.33. The molecule has 1 heteroatoms. The molecule has 0 N–H and O–H groups in total. The Morgan fingerprint density at radius 1 is 1.20 bits per heavy atom. The first kappa shape index (κ1) is 6.39. The van der Waals surface area contributed by atoms with E-state index in [0.717, 1.165) is 5.56 Å². The standard InChI is InChI=1S/C9H5N/c1-3-8-5-6-9(4-2)10-7-8/h1-2,5-7H. The third kappa shape index (κ3) is 1.16. The summed E-state index contributed by atoms with van der Waals surface area (Å²) in [6, 6.07) is 3.48. The van der Waals surface area contributed by atoms with Crippen molar-refractivity contribution in [2.45, 2.75) is 0 Å². The summed E-state index contributed by atoms with van der Waals surface area (Å²) >= 11 is 0. The van der Waals surface area contributed by atoms with Gasteiger partial charge in [0, 0.05) is 11.8 Å². The predicted octanol–water partition coefficient (Wildman–Crippen LogP) is 1.04. The van der Waals surface area contributed by atoms with Gasteiger partial charge in [-0.25, -0.2) is 4.98 Å². The van der Waals surface area contributed by atoms with Crippen LogP contribution < -0.4 is 0 Å². The number of rotatable bonds is 0. The summed E-state index contributed by atoms with van der Waals surface area (Å²) in [6.45, 7) is 0. The lowest BCUT2D eigenvalue weighted by molar-refractivity contribution is 1.28. The summed E-state index contributed by atoms with van der Waals surface area (Å²) in [5, 5.41) is 0. The second-order valence-corrected chi connectivity index (χ2v) is 1.72. The van der Waals surface area contributed by atoms with Crippen LogP contribution >= 0.6 is 0 Å². The highest BCUT2D eigenvalue weighted by atomic mass is 14.7. The van der Waals surface area contributed by atoms with Crippen molar-refractivity contribution in [2.75, 3.05) is 0 Å². The van der Waals surface area contributed by atoms with Gasteiger partial charge in [-0.15, -0.1) is 12.8 Å². The van der Waals surface area contributed by atoms with Crippen LogP contribution in [-0.2, 0) is 0 Å². The number of hydrogen-bond acceptors (Lipinski definition) is 1. The zero-order chi connectivity index (χ0) is 7.40. The highest BCUT2D eigenvalue weighted by Gasteiger charge is 1.86. The van der Waals surface area contributed by atoms with E-state index < -0.39 is 0 Å². The van der Waals surface area contributed by atoms with Crippen molar-refractivity contribution in [1.82, 2.24) is 4.98 Å². The summed E-state index contributed by atoms with van der Waals surface area (Å²) in [6.07, 6.45) is 11.8. The molecule has 46 valence electrons. The highest BCUT2D eigenvalue weighted by Crippen LogP contribution is 1.95. The van der Waals surface area contributed by atoms with Crippen molar-refractivity contribution in [1.29, 1.82) is 0 Å². The molecule has 0 fully saturated rings. The van der Waals surface area contributed by atoms with Gasteiger partial charge in [-0.1, -0.05) is 11.8 Å². The molecule has 0 amide bonds. The molecular formula is C9H5N.